The minimum atomic E-state index is -3.58. The van der Waals surface area contributed by atoms with Crippen LogP contribution >= 0.6 is 10.7 Å². The fourth-order valence-corrected chi connectivity index (χ4v) is 10.4. The number of nitrogens with two attached hydrogens (primary N) is 1. The summed E-state index contributed by atoms with van der Waals surface area (Å²) in [7, 11) is 5.56. The largest absolute Gasteiger partial charge is 0.392 e. The third kappa shape index (κ3) is 27.9. The first-order chi connectivity index (χ1) is 51.5. The molecule has 110 heavy (non-hydrogen) atoms. The molecule has 30 heteroatoms. The molecule has 0 saturated heterocycles. The lowest BCUT2D eigenvalue weighted by atomic mass is 9.97. The average molecular weight is 1570 g/mol. The standard InChI is InChI=1S/C25H29FN6.C24H26FN5O3S.C23H24FN5O.C5H13N.C2H7N.CH3ClO2S/c1-25(2,3)16-28-24-27-12-10-20(29-24)23-22(18-6-8-19(26)9-7-18)30-21-14-17(15-31(4)5)11-13-32(21)23;1-24(2,3)15-27-23-26-11-9-19(28-23)22-21(17-5-7-18(25)8-6-17)29-20-13-16(10-12-30(20)22)14-33-34(4,31)32;1-23(2,3)14-26-22-25-10-8-18(27-22)21-20(16-4-6-17(24)7-5-16)28-19-12-15(13-30)9-11-29(19)21;1-5(2,3)4-6;1-3-2;1-5(2,3)4/h6-14H,15-16H2,1-5H3,(H,27,28,29);5-13H,14-15H2,1-4H3,(H,26,27,28);4-12,30H,13-14H2,1-3H3,(H,25,26,27);4,6H2,1-3H3;3H,1-2H3;1H3. The molecule has 9 aromatic heterocycles. The zero-order valence-electron chi connectivity index (χ0n) is 65.7. The van der Waals surface area contributed by atoms with Gasteiger partial charge in [-0.2, -0.15) is 8.42 Å². The van der Waals surface area contributed by atoms with Gasteiger partial charge in [0, 0.05) is 90.7 Å². The Kier molecular flexibility index (Phi) is 30.3. The number of halogens is 4. The number of nitrogens with zero attached hydrogens (tertiary/aromatic N) is 13. The van der Waals surface area contributed by atoms with E-state index in [0.29, 0.717) is 75.1 Å². The molecule has 0 saturated carbocycles. The Morgan fingerprint density at radius 3 is 1.03 bits per heavy atom. The van der Waals surface area contributed by atoms with E-state index in [4.69, 9.17) is 39.8 Å². The predicted molar refractivity (Wildman–Crippen MR) is 436 cm³/mol. The van der Waals surface area contributed by atoms with E-state index < -0.39 is 19.2 Å². The number of aliphatic hydroxyl groups is 1. The lowest BCUT2D eigenvalue weighted by Crippen LogP contribution is -2.20. The van der Waals surface area contributed by atoms with Gasteiger partial charge >= 0.3 is 0 Å². The van der Waals surface area contributed by atoms with E-state index in [2.05, 4.69) is 147 Å². The number of pyridine rings is 3. The highest BCUT2D eigenvalue weighted by Crippen LogP contribution is 2.37. The molecule has 0 fully saturated rings. The monoisotopic (exact) mass is 1570 g/mol. The van der Waals surface area contributed by atoms with Crippen LogP contribution in [0.3, 0.4) is 0 Å². The van der Waals surface area contributed by atoms with Crippen molar-refractivity contribution in [3.63, 3.8) is 0 Å². The van der Waals surface area contributed by atoms with Crippen LogP contribution in [0.2, 0.25) is 0 Å². The number of hydrogen-bond acceptors (Lipinski definition) is 21. The van der Waals surface area contributed by atoms with Crippen molar-refractivity contribution in [1.82, 2.24) is 68.3 Å². The number of rotatable bonds is 18. The molecule has 24 nitrogen and oxygen atoms in total. The summed E-state index contributed by atoms with van der Waals surface area (Å²) in [5.74, 6) is 0.678. The topological polar surface area (TPSA) is 304 Å². The van der Waals surface area contributed by atoms with Crippen LogP contribution in [0.5, 0.6) is 0 Å². The van der Waals surface area contributed by atoms with Crippen molar-refractivity contribution >= 4 is 64.6 Å². The van der Waals surface area contributed by atoms with Gasteiger partial charge in [0.2, 0.25) is 26.9 Å². The molecule has 0 aliphatic heterocycles. The lowest BCUT2D eigenvalue weighted by molar-refractivity contribution is 0.282. The second-order valence-electron chi connectivity index (χ2n) is 31.1. The van der Waals surface area contributed by atoms with Gasteiger partial charge in [-0.05, 0) is 200 Å². The zero-order valence-corrected chi connectivity index (χ0v) is 68.1. The van der Waals surface area contributed by atoms with Crippen molar-refractivity contribution in [2.45, 2.75) is 103 Å². The molecule has 588 valence electrons. The first-order valence-electron chi connectivity index (χ1n) is 35.3. The van der Waals surface area contributed by atoms with Gasteiger partial charge in [0.1, 0.15) is 34.4 Å². The highest BCUT2D eigenvalue weighted by Gasteiger charge is 2.24. The van der Waals surface area contributed by atoms with Crippen LogP contribution in [-0.4, -0.2) is 152 Å². The van der Waals surface area contributed by atoms with Crippen molar-refractivity contribution in [2.75, 3.05) is 82.8 Å². The van der Waals surface area contributed by atoms with Crippen LogP contribution in [0.25, 0.3) is 84.9 Å². The summed E-state index contributed by atoms with van der Waals surface area (Å²) in [5.41, 5.74) is 19.3. The van der Waals surface area contributed by atoms with Gasteiger partial charge in [-0.25, -0.2) is 66.4 Å². The van der Waals surface area contributed by atoms with Gasteiger partial charge in [0.15, 0.2) is 0 Å². The molecule has 0 bridgehead atoms. The van der Waals surface area contributed by atoms with E-state index in [1.54, 1.807) is 79.4 Å². The second kappa shape index (κ2) is 38.2. The van der Waals surface area contributed by atoms with Crippen LogP contribution in [0.1, 0.15) is 99.8 Å². The highest BCUT2D eigenvalue weighted by atomic mass is 35.7. The summed E-state index contributed by atoms with van der Waals surface area (Å²) in [5, 5.41) is 22.1. The van der Waals surface area contributed by atoms with Crippen molar-refractivity contribution in [3.05, 3.63) is 199 Å². The van der Waals surface area contributed by atoms with Gasteiger partial charge in [-0.3, -0.25) is 17.4 Å². The molecule has 3 aromatic carbocycles. The minimum Gasteiger partial charge on any atom is -0.392 e. The van der Waals surface area contributed by atoms with Crippen LogP contribution in [0, 0.1) is 39.1 Å². The maximum atomic E-state index is 13.6. The molecule has 12 aromatic rings. The molecule has 0 atom stereocenters. The quantitative estimate of drug-likeness (QED) is 0.0343. The SMILES string of the molecule is CC(C)(C)CN.CC(C)(C)CNc1nccc(-c2c(-c3ccc(F)cc3)nc3cc(CO)ccn23)n1.CC(C)(C)CNc1nccc(-c2c(-c3ccc(F)cc3)nc3cc(COS(C)(=O)=O)ccn23)n1.CN(C)Cc1ccn2c(-c3ccnc(NCC(C)(C)C)n3)c(-c3ccc(F)cc3)nc2c1.CNC.CS(=O)(=O)Cl. The number of benzene rings is 3. The maximum Gasteiger partial charge on any atom is 0.264 e. The van der Waals surface area contributed by atoms with Crippen LogP contribution in [0.4, 0.5) is 31.0 Å². The van der Waals surface area contributed by atoms with Crippen LogP contribution in [0.15, 0.2) is 165 Å². The van der Waals surface area contributed by atoms with Gasteiger partial charge in [0.05, 0.1) is 77.0 Å². The van der Waals surface area contributed by atoms with Crippen molar-refractivity contribution in [2.24, 2.45) is 27.4 Å². The van der Waals surface area contributed by atoms with E-state index in [1.165, 1.54) is 42.0 Å². The third-order valence-corrected chi connectivity index (χ3v) is 15.7. The number of imidazole rings is 3. The van der Waals surface area contributed by atoms with Gasteiger partial charge in [-0.15, -0.1) is 0 Å². The van der Waals surface area contributed by atoms with Crippen molar-refractivity contribution in [3.8, 4) is 67.9 Å². The Labute approximate surface area is 648 Å². The third-order valence-electron chi connectivity index (χ3n) is 15.2. The molecule has 0 unspecified atom stereocenters. The van der Waals surface area contributed by atoms with E-state index in [0.717, 1.165) is 89.4 Å². The number of nitrogens with one attached hydrogen (secondary N) is 4. The minimum absolute atomic E-state index is 0.0480. The molecule has 7 N–H and O–H groups in total. The van der Waals surface area contributed by atoms with Gasteiger partial charge in [0.25, 0.3) is 10.1 Å². The molecule has 0 amide bonds. The molecule has 0 aliphatic carbocycles. The number of aromatic nitrogens is 12. The van der Waals surface area contributed by atoms with E-state index in [-0.39, 0.29) is 46.9 Å². The number of hydrogen-bond donors (Lipinski definition) is 6. The average Bonchev–Trinajstić information content (AvgIpc) is 1.62. The summed E-state index contributed by atoms with van der Waals surface area (Å²) in [6.45, 7) is 29.2. The molecule has 12 rings (SSSR count). The van der Waals surface area contributed by atoms with Crippen molar-refractivity contribution in [1.29, 1.82) is 0 Å². The molecular formula is C80H102ClF3N18O6S2. The maximum absolute atomic E-state index is 13.6. The number of aliphatic hydroxyl groups excluding tert-OH is 1. The smallest absolute Gasteiger partial charge is 0.264 e. The lowest BCUT2D eigenvalue weighted by Gasteiger charge is -2.18. The highest BCUT2D eigenvalue weighted by molar-refractivity contribution is 8.13. The Morgan fingerprint density at radius 1 is 0.473 bits per heavy atom. The normalized spacial score (nSPS) is 11.8. The van der Waals surface area contributed by atoms with Crippen molar-refractivity contribution < 1.29 is 39.3 Å². The van der Waals surface area contributed by atoms with E-state index in [9.17, 15) is 35.1 Å². The Balaban J connectivity index is 0.000000211. The fraction of sp³-hybridized carbons (Fsp3) is 0.362. The van der Waals surface area contributed by atoms with Gasteiger partial charge < -0.3 is 37.0 Å². The number of anilines is 3. The number of fused-ring (bicyclic) bond motifs is 3. The fourth-order valence-electron chi connectivity index (χ4n) is 10.0. The molecule has 0 aliphatic rings. The first kappa shape index (κ1) is 87.4. The zero-order chi connectivity index (χ0) is 81.1. The summed E-state index contributed by atoms with van der Waals surface area (Å²) in [6.07, 6.45) is 12.7. The van der Waals surface area contributed by atoms with Gasteiger partial charge in [-0.1, -0.05) is 83.1 Å². The Morgan fingerprint density at radius 2 is 0.755 bits per heavy atom. The van der Waals surface area contributed by atoms with E-state index in [1.807, 2.05) is 78.1 Å². The Hall–Kier alpha value is -9.85. The summed E-state index contributed by atoms with van der Waals surface area (Å²) >= 11 is 0. The molecular weight excluding hydrogens is 1470 g/mol. The Bertz CT molecular complexity index is 5230. The summed E-state index contributed by atoms with van der Waals surface area (Å²) < 4.78 is 92.9. The van der Waals surface area contributed by atoms with Crippen LogP contribution in [-0.2, 0) is 43.1 Å². The van der Waals surface area contributed by atoms with E-state index >= 15 is 0 Å². The molecule has 0 spiro atoms. The summed E-state index contributed by atoms with van der Waals surface area (Å²) in [6, 6.07) is 35.6. The molecule has 0 radical (unpaired) electrons. The first-order valence-corrected chi connectivity index (χ1v) is 39.8. The predicted octanol–water partition coefficient (Wildman–Crippen LogP) is 15.2. The van der Waals surface area contributed by atoms with Crippen LogP contribution < -0.4 is 27.0 Å². The molecule has 9 heterocycles. The second-order valence-corrected chi connectivity index (χ2v) is 35.8. The summed E-state index contributed by atoms with van der Waals surface area (Å²) in [4.78, 5) is 43.8.